The van der Waals surface area contributed by atoms with Crippen LogP contribution in [0.1, 0.15) is 36.8 Å². The summed E-state index contributed by atoms with van der Waals surface area (Å²) in [6.45, 7) is 5.33. The predicted octanol–water partition coefficient (Wildman–Crippen LogP) is 2.70. The molecule has 1 saturated heterocycles. The summed E-state index contributed by atoms with van der Waals surface area (Å²) < 4.78 is 0. The Hall–Kier alpha value is -0.860. The van der Waals surface area contributed by atoms with E-state index in [1.165, 1.54) is 36.9 Å². The number of nitrogens with two attached hydrogens (primary N) is 1. The lowest BCUT2D eigenvalue weighted by Gasteiger charge is -2.24. The summed E-state index contributed by atoms with van der Waals surface area (Å²) in [6.07, 6.45) is 5.13. The Labute approximate surface area is 105 Å². The van der Waals surface area contributed by atoms with E-state index in [0.717, 1.165) is 25.6 Å². The minimum absolute atomic E-state index is 0.764. The van der Waals surface area contributed by atoms with Gasteiger partial charge in [-0.05, 0) is 51.3 Å². The molecular weight excluding hydrogens is 208 g/mol. The fraction of sp³-hybridized carbons (Fsp3) is 0.600. The highest BCUT2D eigenvalue weighted by Crippen LogP contribution is 2.23. The second-order valence-corrected chi connectivity index (χ2v) is 5.18. The zero-order chi connectivity index (χ0) is 12.1. The average molecular weight is 232 g/mol. The molecule has 1 atom stereocenters. The van der Waals surface area contributed by atoms with E-state index in [0.29, 0.717) is 0 Å². The smallest absolute Gasteiger partial charge is 0.0236 e. The van der Waals surface area contributed by atoms with E-state index in [1.54, 1.807) is 0 Å². The summed E-state index contributed by atoms with van der Waals surface area (Å²) in [6, 6.07) is 9.70. The van der Waals surface area contributed by atoms with E-state index < -0.39 is 0 Å². The van der Waals surface area contributed by atoms with Gasteiger partial charge in [0, 0.05) is 12.6 Å². The lowest BCUT2D eigenvalue weighted by Crippen LogP contribution is -2.29. The summed E-state index contributed by atoms with van der Waals surface area (Å²) >= 11 is 0. The SMILES string of the molecule is Cc1ccc(CN2CCCC2CCCN)cc1. The molecule has 1 aromatic carbocycles. The second-order valence-electron chi connectivity index (χ2n) is 5.18. The van der Waals surface area contributed by atoms with Crippen LogP contribution >= 0.6 is 0 Å². The van der Waals surface area contributed by atoms with E-state index >= 15 is 0 Å². The zero-order valence-corrected chi connectivity index (χ0v) is 10.9. The number of rotatable bonds is 5. The van der Waals surface area contributed by atoms with E-state index in [4.69, 9.17) is 5.73 Å². The summed E-state index contributed by atoms with van der Waals surface area (Å²) in [4.78, 5) is 2.63. The van der Waals surface area contributed by atoms with E-state index in [2.05, 4.69) is 36.1 Å². The van der Waals surface area contributed by atoms with Gasteiger partial charge in [0.25, 0.3) is 0 Å². The molecule has 2 rings (SSSR count). The molecule has 17 heavy (non-hydrogen) atoms. The fourth-order valence-corrected chi connectivity index (χ4v) is 2.71. The number of nitrogens with zero attached hydrogens (tertiary/aromatic N) is 1. The molecule has 1 aromatic rings. The number of aryl methyl sites for hydroxylation is 1. The predicted molar refractivity (Wildman–Crippen MR) is 72.9 cm³/mol. The van der Waals surface area contributed by atoms with Crippen LogP contribution in [0.15, 0.2) is 24.3 Å². The van der Waals surface area contributed by atoms with Gasteiger partial charge in [-0.15, -0.1) is 0 Å². The van der Waals surface area contributed by atoms with Gasteiger partial charge < -0.3 is 5.73 Å². The monoisotopic (exact) mass is 232 g/mol. The van der Waals surface area contributed by atoms with Gasteiger partial charge in [0.05, 0.1) is 0 Å². The minimum atomic E-state index is 0.764. The number of hydrogen-bond acceptors (Lipinski definition) is 2. The van der Waals surface area contributed by atoms with Crippen molar-refractivity contribution < 1.29 is 0 Å². The molecule has 2 heteroatoms. The van der Waals surface area contributed by atoms with Gasteiger partial charge in [0.1, 0.15) is 0 Å². The lowest BCUT2D eigenvalue weighted by atomic mass is 10.1. The van der Waals surface area contributed by atoms with Crippen molar-refractivity contribution in [2.75, 3.05) is 13.1 Å². The highest BCUT2D eigenvalue weighted by molar-refractivity contribution is 5.21. The molecule has 1 unspecified atom stereocenters. The molecule has 1 fully saturated rings. The summed E-state index contributed by atoms with van der Waals surface area (Å²) in [5.74, 6) is 0. The molecular formula is C15H24N2. The van der Waals surface area contributed by atoms with Crippen molar-refractivity contribution in [2.24, 2.45) is 5.73 Å². The van der Waals surface area contributed by atoms with Gasteiger partial charge in [-0.3, -0.25) is 4.90 Å². The van der Waals surface area contributed by atoms with Gasteiger partial charge >= 0.3 is 0 Å². The zero-order valence-electron chi connectivity index (χ0n) is 10.9. The minimum Gasteiger partial charge on any atom is -0.330 e. The molecule has 1 aliphatic rings. The maximum atomic E-state index is 5.60. The van der Waals surface area contributed by atoms with E-state index in [1.807, 2.05) is 0 Å². The molecule has 0 radical (unpaired) electrons. The van der Waals surface area contributed by atoms with Gasteiger partial charge in [-0.1, -0.05) is 29.8 Å². The molecule has 0 spiro atoms. The van der Waals surface area contributed by atoms with Crippen molar-refractivity contribution >= 4 is 0 Å². The van der Waals surface area contributed by atoms with Crippen LogP contribution < -0.4 is 5.73 Å². The van der Waals surface area contributed by atoms with Crippen molar-refractivity contribution in [3.05, 3.63) is 35.4 Å². The Morgan fingerprint density at radius 1 is 1.29 bits per heavy atom. The van der Waals surface area contributed by atoms with Gasteiger partial charge in [-0.25, -0.2) is 0 Å². The quantitative estimate of drug-likeness (QED) is 0.845. The van der Waals surface area contributed by atoms with Gasteiger partial charge in [0.15, 0.2) is 0 Å². The van der Waals surface area contributed by atoms with Crippen LogP contribution in [0.4, 0.5) is 0 Å². The standard InChI is InChI=1S/C15H24N2/c1-13-6-8-14(9-7-13)12-17-11-3-5-15(17)4-2-10-16/h6-9,15H,2-5,10-12,16H2,1H3. The van der Waals surface area contributed by atoms with Crippen molar-refractivity contribution in [1.29, 1.82) is 0 Å². The Morgan fingerprint density at radius 3 is 2.76 bits per heavy atom. The third-order valence-electron chi connectivity index (χ3n) is 3.75. The van der Waals surface area contributed by atoms with Crippen LogP contribution in [0.5, 0.6) is 0 Å². The Balaban J connectivity index is 1.90. The average Bonchev–Trinajstić information content (AvgIpc) is 2.77. The highest BCUT2D eigenvalue weighted by Gasteiger charge is 2.23. The molecule has 0 aromatic heterocycles. The summed E-state index contributed by atoms with van der Waals surface area (Å²) in [7, 11) is 0. The number of likely N-dealkylation sites (tertiary alicyclic amines) is 1. The van der Waals surface area contributed by atoms with E-state index in [-0.39, 0.29) is 0 Å². The van der Waals surface area contributed by atoms with Crippen molar-refractivity contribution in [3.8, 4) is 0 Å². The molecule has 2 nitrogen and oxygen atoms in total. The van der Waals surface area contributed by atoms with Crippen LogP contribution in [-0.2, 0) is 6.54 Å². The first-order valence-corrected chi connectivity index (χ1v) is 6.79. The normalized spacial score (nSPS) is 20.9. The highest BCUT2D eigenvalue weighted by atomic mass is 15.2. The first-order chi connectivity index (χ1) is 8.29. The molecule has 1 aliphatic heterocycles. The molecule has 1 heterocycles. The molecule has 94 valence electrons. The topological polar surface area (TPSA) is 29.3 Å². The van der Waals surface area contributed by atoms with Gasteiger partial charge in [-0.2, -0.15) is 0 Å². The van der Waals surface area contributed by atoms with Crippen molar-refractivity contribution in [1.82, 2.24) is 4.90 Å². The maximum Gasteiger partial charge on any atom is 0.0236 e. The first-order valence-electron chi connectivity index (χ1n) is 6.79. The van der Waals surface area contributed by atoms with Crippen molar-refractivity contribution in [3.63, 3.8) is 0 Å². The van der Waals surface area contributed by atoms with E-state index in [9.17, 15) is 0 Å². The lowest BCUT2D eigenvalue weighted by molar-refractivity contribution is 0.232. The molecule has 0 amide bonds. The fourth-order valence-electron chi connectivity index (χ4n) is 2.71. The summed E-state index contributed by atoms with van der Waals surface area (Å²) in [5, 5.41) is 0. The number of hydrogen-bond donors (Lipinski definition) is 1. The van der Waals surface area contributed by atoms with Crippen LogP contribution in [0.3, 0.4) is 0 Å². The Morgan fingerprint density at radius 2 is 2.06 bits per heavy atom. The molecule has 0 saturated carbocycles. The molecule has 0 bridgehead atoms. The molecule has 0 aliphatic carbocycles. The van der Waals surface area contributed by atoms with Crippen molar-refractivity contribution in [2.45, 2.75) is 45.2 Å². The third-order valence-corrected chi connectivity index (χ3v) is 3.75. The van der Waals surface area contributed by atoms with Crippen LogP contribution in [-0.4, -0.2) is 24.0 Å². The number of benzene rings is 1. The van der Waals surface area contributed by atoms with Crippen LogP contribution in [0.25, 0.3) is 0 Å². The summed E-state index contributed by atoms with van der Waals surface area (Å²) in [5.41, 5.74) is 8.39. The maximum absolute atomic E-state index is 5.60. The Kier molecular flexibility index (Phi) is 4.57. The largest absolute Gasteiger partial charge is 0.330 e. The third kappa shape index (κ3) is 3.55. The van der Waals surface area contributed by atoms with Gasteiger partial charge in [0.2, 0.25) is 0 Å². The molecule has 2 N–H and O–H groups in total. The second kappa shape index (κ2) is 6.18. The van der Waals surface area contributed by atoms with Crippen LogP contribution in [0, 0.1) is 6.92 Å². The Bertz CT molecular complexity index is 331. The first kappa shape index (κ1) is 12.6. The van der Waals surface area contributed by atoms with Crippen LogP contribution in [0.2, 0.25) is 0 Å².